The van der Waals surface area contributed by atoms with Crippen molar-refractivity contribution in [1.82, 2.24) is 14.4 Å². The zero-order chi connectivity index (χ0) is 13.9. The topological polar surface area (TPSA) is 102 Å². The minimum Gasteiger partial charge on any atom is -0.460 e. The third kappa shape index (κ3) is 3.02. The molecule has 0 atom stereocenters. The number of carbonyl (C=O) groups excluding carboxylic acids is 1. The maximum Gasteiger partial charge on any atom is 0.383 e. The van der Waals surface area contributed by atoms with E-state index >= 15 is 0 Å². The fourth-order valence-corrected chi connectivity index (χ4v) is 3.05. The first-order valence-electron chi connectivity index (χ1n) is 4.73. The Morgan fingerprint density at radius 3 is 2.56 bits per heavy atom. The first-order valence-corrected chi connectivity index (χ1v) is 6.98. The fourth-order valence-electron chi connectivity index (χ4n) is 1.17. The molecule has 10 heteroatoms. The maximum atomic E-state index is 12.1. The quantitative estimate of drug-likeness (QED) is 0.495. The number of hydrogen-bond donors (Lipinski definition) is 1. The highest BCUT2D eigenvalue weighted by Crippen LogP contribution is 2.22. The molecule has 102 valence electrons. The summed E-state index contributed by atoms with van der Waals surface area (Å²) in [5.41, 5.74) is 0.254. The number of sulfonamides is 1. The van der Waals surface area contributed by atoms with Crippen LogP contribution in [0, 0.1) is 13.8 Å². The van der Waals surface area contributed by atoms with Crippen molar-refractivity contribution in [3.63, 3.8) is 0 Å². The monoisotopic (exact) mass is 295 g/mol. The summed E-state index contributed by atoms with van der Waals surface area (Å²) in [5.74, 6) is 0.184. The second-order valence-corrected chi connectivity index (χ2v) is 5.90. The Hall–Kier alpha value is -1.10. The molecule has 0 aromatic carbocycles. The van der Waals surface area contributed by atoms with Gasteiger partial charge in [0.1, 0.15) is 10.6 Å². The van der Waals surface area contributed by atoms with Gasteiger partial charge in [0.25, 0.3) is 10.0 Å². The number of rotatable bonds is 4. The van der Waals surface area contributed by atoms with E-state index in [9.17, 15) is 13.2 Å². The van der Waals surface area contributed by atoms with E-state index in [1.54, 1.807) is 0 Å². The predicted molar refractivity (Wildman–Crippen MR) is 64.1 cm³/mol. The number of hydrazine groups is 1. The highest BCUT2D eigenvalue weighted by Gasteiger charge is 2.29. The summed E-state index contributed by atoms with van der Waals surface area (Å²) in [5, 5.41) is 2.91. The summed E-state index contributed by atoms with van der Waals surface area (Å²) in [4.78, 5) is 13.2. The lowest BCUT2D eigenvalue weighted by molar-refractivity contribution is 0.200. The molecular formula is C8H13N3O5S2. The Bertz CT molecular complexity index is 519. The van der Waals surface area contributed by atoms with E-state index in [0.29, 0.717) is 11.9 Å². The van der Waals surface area contributed by atoms with Crippen LogP contribution in [0.2, 0.25) is 0 Å². The average Bonchev–Trinajstić information content (AvgIpc) is 2.65. The second-order valence-electron chi connectivity index (χ2n) is 3.27. The van der Waals surface area contributed by atoms with Crippen molar-refractivity contribution >= 4 is 27.3 Å². The molecule has 0 aliphatic rings. The molecule has 0 aliphatic heterocycles. The van der Waals surface area contributed by atoms with Gasteiger partial charge in [0.2, 0.25) is 0 Å². The van der Waals surface area contributed by atoms with E-state index in [0.717, 1.165) is 4.41 Å². The van der Waals surface area contributed by atoms with Gasteiger partial charge >= 0.3 is 5.30 Å². The minimum absolute atomic E-state index is 0.0250. The Morgan fingerprint density at radius 1 is 1.50 bits per heavy atom. The van der Waals surface area contributed by atoms with Crippen LogP contribution in [0.4, 0.5) is 4.79 Å². The molecule has 0 aliphatic carbocycles. The molecule has 0 unspecified atom stereocenters. The van der Waals surface area contributed by atoms with Gasteiger partial charge in [-0.05, 0) is 13.8 Å². The third-order valence-electron chi connectivity index (χ3n) is 2.01. The molecule has 1 rings (SSSR count). The number of carbonyl (C=O) groups is 1. The lowest BCUT2D eigenvalue weighted by Crippen LogP contribution is -2.36. The Kier molecular flexibility index (Phi) is 4.73. The van der Waals surface area contributed by atoms with E-state index in [2.05, 4.69) is 14.7 Å². The molecule has 0 saturated heterocycles. The van der Waals surface area contributed by atoms with E-state index in [1.165, 1.54) is 28.0 Å². The van der Waals surface area contributed by atoms with E-state index in [1.807, 2.05) is 0 Å². The van der Waals surface area contributed by atoms with Gasteiger partial charge in [0.05, 0.1) is 19.1 Å². The predicted octanol–water partition coefficient (Wildman–Crippen LogP) is 0.831. The Morgan fingerprint density at radius 2 is 2.11 bits per heavy atom. The van der Waals surface area contributed by atoms with Gasteiger partial charge in [0, 0.05) is 7.05 Å². The van der Waals surface area contributed by atoms with Crippen molar-refractivity contribution in [1.29, 1.82) is 0 Å². The first-order chi connectivity index (χ1) is 8.30. The molecule has 1 aromatic heterocycles. The van der Waals surface area contributed by atoms with Crippen LogP contribution in [0.5, 0.6) is 0 Å². The van der Waals surface area contributed by atoms with Crippen molar-refractivity contribution in [2.45, 2.75) is 18.7 Å². The zero-order valence-corrected chi connectivity index (χ0v) is 11.9. The molecule has 8 nitrogen and oxygen atoms in total. The van der Waals surface area contributed by atoms with Gasteiger partial charge in [-0.3, -0.25) is 0 Å². The molecule has 0 radical (unpaired) electrons. The van der Waals surface area contributed by atoms with Crippen molar-refractivity contribution in [2.75, 3.05) is 14.2 Å². The molecule has 1 N–H and O–H groups in total. The van der Waals surface area contributed by atoms with Crippen LogP contribution in [0.15, 0.2) is 9.42 Å². The van der Waals surface area contributed by atoms with E-state index < -0.39 is 15.3 Å². The summed E-state index contributed by atoms with van der Waals surface area (Å²) in [6, 6.07) is 0. The zero-order valence-electron chi connectivity index (χ0n) is 10.3. The number of nitrogens with one attached hydrogen (secondary N) is 1. The van der Waals surface area contributed by atoms with Gasteiger partial charge in [-0.25, -0.2) is 13.2 Å². The Labute approximate surface area is 109 Å². The lowest BCUT2D eigenvalue weighted by atomic mass is 10.4. The summed E-state index contributed by atoms with van der Waals surface area (Å²) in [6.45, 7) is 3.01. The SMILES string of the molecule is COC(=O)SNN(C)S(=O)(=O)c1c(C)noc1C. The van der Waals surface area contributed by atoms with Crippen molar-refractivity contribution < 1.29 is 22.5 Å². The van der Waals surface area contributed by atoms with Gasteiger partial charge in [-0.1, -0.05) is 5.16 Å². The molecule has 1 heterocycles. The van der Waals surface area contributed by atoms with Crippen LogP contribution in [-0.2, 0) is 14.8 Å². The molecular weight excluding hydrogens is 282 g/mol. The summed E-state index contributed by atoms with van der Waals surface area (Å²) >= 11 is 0.505. The normalized spacial score (nSPS) is 11.8. The summed E-state index contributed by atoms with van der Waals surface area (Å²) in [7, 11) is -1.37. The molecule has 0 fully saturated rings. The smallest absolute Gasteiger partial charge is 0.383 e. The lowest BCUT2D eigenvalue weighted by Gasteiger charge is -2.16. The molecule has 0 spiro atoms. The number of aryl methyl sites for hydroxylation is 2. The fraction of sp³-hybridized carbons (Fsp3) is 0.500. The van der Waals surface area contributed by atoms with E-state index in [4.69, 9.17) is 4.52 Å². The van der Waals surface area contributed by atoms with E-state index in [-0.39, 0.29) is 16.3 Å². The second kappa shape index (κ2) is 5.69. The highest BCUT2D eigenvalue weighted by atomic mass is 32.2. The van der Waals surface area contributed by atoms with Crippen LogP contribution in [-0.4, -0.2) is 37.4 Å². The van der Waals surface area contributed by atoms with Crippen LogP contribution < -0.4 is 4.83 Å². The van der Waals surface area contributed by atoms with Crippen LogP contribution in [0.1, 0.15) is 11.5 Å². The standard InChI is InChI=1S/C8H13N3O5S2/c1-5-7(6(2)16-9-5)18(13,14)11(3)10-17-8(12)15-4/h10H,1-4H3. The van der Waals surface area contributed by atoms with Gasteiger partial charge in [-0.2, -0.15) is 4.83 Å². The van der Waals surface area contributed by atoms with Crippen LogP contribution >= 0.6 is 11.9 Å². The summed E-state index contributed by atoms with van der Waals surface area (Å²) in [6.07, 6.45) is 0. The summed E-state index contributed by atoms with van der Waals surface area (Å²) < 4.78 is 34.2. The number of nitrogens with zero attached hydrogens (tertiary/aromatic N) is 2. The number of ether oxygens (including phenoxy) is 1. The Balaban J connectivity index is 2.91. The van der Waals surface area contributed by atoms with Crippen LogP contribution in [0.3, 0.4) is 0 Å². The highest BCUT2D eigenvalue weighted by molar-refractivity contribution is 8.11. The first kappa shape index (κ1) is 15.0. The van der Waals surface area contributed by atoms with Crippen molar-refractivity contribution in [3.05, 3.63) is 11.5 Å². The van der Waals surface area contributed by atoms with Crippen LogP contribution in [0.25, 0.3) is 0 Å². The average molecular weight is 295 g/mol. The van der Waals surface area contributed by atoms with Gasteiger partial charge in [-0.15, -0.1) is 4.41 Å². The molecule has 0 amide bonds. The molecule has 18 heavy (non-hydrogen) atoms. The molecule has 1 aromatic rings. The molecule has 0 saturated carbocycles. The molecule has 0 bridgehead atoms. The van der Waals surface area contributed by atoms with Gasteiger partial charge < -0.3 is 9.26 Å². The largest absolute Gasteiger partial charge is 0.460 e. The number of aromatic nitrogens is 1. The number of methoxy groups -OCH3 is 1. The third-order valence-corrected chi connectivity index (χ3v) is 4.74. The maximum absolute atomic E-state index is 12.1. The van der Waals surface area contributed by atoms with Crippen molar-refractivity contribution in [2.24, 2.45) is 0 Å². The number of hydrogen-bond acceptors (Lipinski definition) is 8. The van der Waals surface area contributed by atoms with Crippen molar-refractivity contribution in [3.8, 4) is 0 Å². The van der Waals surface area contributed by atoms with Gasteiger partial charge in [0.15, 0.2) is 5.76 Å². The minimum atomic E-state index is -3.82.